The average Bonchev–Trinajstić information content (AvgIpc) is 2.98. The third-order valence-electron chi connectivity index (χ3n) is 3.78. The van der Waals surface area contributed by atoms with Gasteiger partial charge in [0.1, 0.15) is 0 Å². The van der Waals surface area contributed by atoms with Gasteiger partial charge in [0.25, 0.3) is 5.91 Å². The van der Waals surface area contributed by atoms with Gasteiger partial charge in [-0.3, -0.25) is 4.79 Å². The molecule has 1 fully saturated rings. The molecule has 3 rings (SSSR count). The maximum absolute atomic E-state index is 12.8. The number of carbonyl (C=O) groups is 1. The number of thioether (sulfide) groups is 1. The largest absolute Gasteiger partial charge is 0.338 e. The van der Waals surface area contributed by atoms with Gasteiger partial charge in [-0.15, -0.1) is 11.8 Å². The lowest BCUT2D eigenvalue weighted by Crippen LogP contribution is -2.45. The molecule has 1 aliphatic rings. The molecule has 6 nitrogen and oxygen atoms in total. The molecule has 0 saturated carbocycles. The van der Waals surface area contributed by atoms with Gasteiger partial charge in [-0.05, 0) is 31.9 Å². The van der Waals surface area contributed by atoms with Crippen LogP contribution in [-0.4, -0.2) is 40.1 Å². The van der Waals surface area contributed by atoms with Crippen molar-refractivity contribution in [2.45, 2.75) is 36.5 Å². The van der Waals surface area contributed by atoms with E-state index in [4.69, 9.17) is 10.3 Å². The molecule has 1 aromatic carbocycles. The Balaban J connectivity index is 1.73. The summed E-state index contributed by atoms with van der Waals surface area (Å²) in [6.45, 7) is 3.18. The molecule has 1 atom stereocenters. The van der Waals surface area contributed by atoms with Crippen LogP contribution in [0.25, 0.3) is 0 Å². The Hall–Kier alpha value is -1.86. The van der Waals surface area contributed by atoms with Crippen molar-refractivity contribution in [3.05, 3.63) is 41.5 Å². The average molecular weight is 332 g/mol. The molecular formula is C16H20N4O2S. The Kier molecular flexibility index (Phi) is 4.97. The van der Waals surface area contributed by atoms with Crippen LogP contribution in [0.5, 0.6) is 0 Å². The van der Waals surface area contributed by atoms with Crippen molar-refractivity contribution in [2.75, 3.05) is 13.1 Å². The number of aromatic nitrogens is 2. The van der Waals surface area contributed by atoms with Crippen LogP contribution in [0, 0.1) is 6.92 Å². The van der Waals surface area contributed by atoms with Gasteiger partial charge < -0.3 is 15.2 Å². The highest BCUT2D eigenvalue weighted by molar-refractivity contribution is 7.98. The van der Waals surface area contributed by atoms with E-state index in [2.05, 4.69) is 10.1 Å². The van der Waals surface area contributed by atoms with E-state index in [9.17, 15) is 4.79 Å². The fourth-order valence-electron chi connectivity index (χ4n) is 2.67. The Morgan fingerprint density at radius 2 is 2.30 bits per heavy atom. The van der Waals surface area contributed by atoms with Crippen molar-refractivity contribution in [3.63, 3.8) is 0 Å². The number of amides is 1. The fourth-order valence-corrected chi connectivity index (χ4v) is 3.55. The Labute approximate surface area is 139 Å². The Morgan fingerprint density at radius 3 is 3.04 bits per heavy atom. The molecule has 1 aromatic heterocycles. The minimum atomic E-state index is 0.0463. The molecule has 0 bridgehead atoms. The highest BCUT2D eigenvalue weighted by atomic mass is 32.2. The molecule has 7 heteroatoms. The molecule has 1 amide bonds. The maximum atomic E-state index is 12.8. The normalized spacial score (nSPS) is 18.2. The summed E-state index contributed by atoms with van der Waals surface area (Å²) >= 11 is 1.53. The maximum Gasteiger partial charge on any atom is 0.255 e. The van der Waals surface area contributed by atoms with Crippen molar-refractivity contribution in [1.29, 1.82) is 0 Å². The predicted octanol–water partition coefficient (Wildman–Crippen LogP) is 2.23. The van der Waals surface area contributed by atoms with Gasteiger partial charge in [-0.1, -0.05) is 17.3 Å². The minimum Gasteiger partial charge on any atom is -0.338 e. The second kappa shape index (κ2) is 7.14. The molecule has 0 radical (unpaired) electrons. The van der Waals surface area contributed by atoms with Gasteiger partial charge in [-0.2, -0.15) is 4.98 Å². The van der Waals surface area contributed by atoms with Gasteiger partial charge in [-0.25, -0.2) is 0 Å². The first-order chi connectivity index (χ1) is 11.1. The number of piperidine rings is 1. The van der Waals surface area contributed by atoms with Crippen LogP contribution in [0.2, 0.25) is 0 Å². The lowest BCUT2D eigenvalue weighted by molar-refractivity contribution is 0.0705. The predicted molar refractivity (Wildman–Crippen MR) is 88.2 cm³/mol. The lowest BCUT2D eigenvalue weighted by atomic mass is 10.1. The van der Waals surface area contributed by atoms with Crippen LogP contribution >= 0.6 is 11.8 Å². The van der Waals surface area contributed by atoms with Gasteiger partial charge in [0.05, 0.1) is 11.3 Å². The standard InChI is InChI=1S/C16H20N4O2S/c1-11-18-15(22-19-11)10-23-14-7-3-2-6-13(14)16(21)20-8-4-5-12(17)9-20/h2-3,6-7,12H,4-5,8-10,17H2,1H3. The van der Waals surface area contributed by atoms with Gasteiger partial charge in [0.15, 0.2) is 5.82 Å². The molecule has 1 aliphatic heterocycles. The third kappa shape index (κ3) is 3.92. The van der Waals surface area contributed by atoms with Crippen molar-refractivity contribution in [1.82, 2.24) is 15.0 Å². The van der Waals surface area contributed by atoms with Crippen LogP contribution in [0.4, 0.5) is 0 Å². The summed E-state index contributed by atoms with van der Waals surface area (Å²) in [5.74, 6) is 1.77. The number of carbonyl (C=O) groups excluding carboxylic acids is 1. The highest BCUT2D eigenvalue weighted by Crippen LogP contribution is 2.27. The summed E-state index contributed by atoms with van der Waals surface area (Å²) in [5.41, 5.74) is 6.70. The van der Waals surface area contributed by atoms with Crippen molar-refractivity contribution in [3.8, 4) is 0 Å². The first kappa shape index (κ1) is 16.0. The molecule has 1 unspecified atom stereocenters. The minimum absolute atomic E-state index is 0.0463. The quantitative estimate of drug-likeness (QED) is 0.864. The zero-order chi connectivity index (χ0) is 16.2. The second-order valence-electron chi connectivity index (χ2n) is 5.67. The van der Waals surface area contributed by atoms with E-state index in [0.29, 0.717) is 29.6 Å². The molecule has 122 valence electrons. The number of benzene rings is 1. The number of nitrogens with two attached hydrogens (primary N) is 1. The lowest BCUT2D eigenvalue weighted by Gasteiger charge is -2.31. The molecule has 0 aliphatic carbocycles. The highest BCUT2D eigenvalue weighted by Gasteiger charge is 2.24. The number of hydrogen-bond donors (Lipinski definition) is 1. The fraction of sp³-hybridized carbons (Fsp3) is 0.438. The number of aryl methyl sites for hydroxylation is 1. The number of hydrogen-bond acceptors (Lipinski definition) is 6. The van der Waals surface area contributed by atoms with Crippen molar-refractivity contribution >= 4 is 17.7 Å². The zero-order valence-corrected chi connectivity index (χ0v) is 13.9. The van der Waals surface area contributed by atoms with Crippen LogP contribution < -0.4 is 5.73 Å². The molecule has 2 aromatic rings. The Bertz CT molecular complexity index is 688. The SMILES string of the molecule is Cc1noc(CSc2ccccc2C(=O)N2CCCC(N)C2)n1. The summed E-state index contributed by atoms with van der Waals surface area (Å²) < 4.78 is 5.12. The first-order valence-corrected chi connectivity index (χ1v) is 8.68. The van der Waals surface area contributed by atoms with Crippen molar-refractivity contribution < 1.29 is 9.32 Å². The molecule has 0 spiro atoms. The van der Waals surface area contributed by atoms with E-state index in [0.717, 1.165) is 24.3 Å². The summed E-state index contributed by atoms with van der Waals surface area (Å²) in [7, 11) is 0. The Morgan fingerprint density at radius 1 is 1.48 bits per heavy atom. The van der Waals surface area contributed by atoms with Crippen LogP contribution in [0.1, 0.15) is 34.9 Å². The summed E-state index contributed by atoms with van der Waals surface area (Å²) in [6, 6.07) is 7.71. The number of nitrogens with zero attached hydrogens (tertiary/aromatic N) is 3. The van der Waals surface area contributed by atoms with Crippen molar-refractivity contribution in [2.24, 2.45) is 5.73 Å². The van der Waals surface area contributed by atoms with Crippen LogP contribution in [-0.2, 0) is 5.75 Å². The van der Waals surface area contributed by atoms with E-state index in [-0.39, 0.29) is 11.9 Å². The summed E-state index contributed by atoms with van der Waals surface area (Å²) in [6.07, 6.45) is 1.94. The van der Waals surface area contributed by atoms with E-state index in [1.165, 1.54) is 11.8 Å². The monoisotopic (exact) mass is 332 g/mol. The summed E-state index contributed by atoms with van der Waals surface area (Å²) in [5, 5.41) is 3.78. The first-order valence-electron chi connectivity index (χ1n) is 7.69. The van der Waals surface area contributed by atoms with Crippen LogP contribution in [0.15, 0.2) is 33.7 Å². The second-order valence-corrected chi connectivity index (χ2v) is 6.69. The zero-order valence-electron chi connectivity index (χ0n) is 13.1. The molecule has 1 saturated heterocycles. The topological polar surface area (TPSA) is 85.2 Å². The third-order valence-corrected chi connectivity index (χ3v) is 4.84. The molecule has 23 heavy (non-hydrogen) atoms. The van der Waals surface area contributed by atoms with Crippen LogP contribution in [0.3, 0.4) is 0 Å². The van der Waals surface area contributed by atoms with E-state index < -0.39 is 0 Å². The van der Waals surface area contributed by atoms with E-state index in [1.54, 1.807) is 6.92 Å². The van der Waals surface area contributed by atoms with E-state index in [1.807, 2.05) is 29.2 Å². The van der Waals surface area contributed by atoms with E-state index >= 15 is 0 Å². The molecule has 2 N–H and O–H groups in total. The van der Waals surface area contributed by atoms with Gasteiger partial charge in [0, 0.05) is 24.0 Å². The molecule has 2 heterocycles. The van der Waals surface area contributed by atoms with Gasteiger partial charge >= 0.3 is 0 Å². The smallest absolute Gasteiger partial charge is 0.255 e. The van der Waals surface area contributed by atoms with Gasteiger partial charge in [0.2, 0.25) is 5.89 Å². The number of rotatable bonds is 4. The molecular weight excluding hydrogens is 312 g/mol. The number of likely N-dealkylation sites (tertiary alicyclic amines) is 1. The summed E-state index contributed by atoms with van der Waals surface area (Å²) in [4.78, 5) is 19.8.